The number of thiol groups is 1. The largest absolute Gasteiger partial charge is 0.341 e. The molecule has 4 unspecified atom stereocenters. The Hall–Kier alpha value is 1.05. The fourth-order valence-electron chi connectivity index (χ4n) is 2.77. The van der Waals surface area contributed by atoms with Gasteiger partial charge in [0.15, 0.2) is 5.69 Å². The predicted octanol–water partition coefficient (Wildman–Crippen LogP) is 5.34. The van der Waals surface area contributed by atoms with Gasteiger partial charge in [0.1, 0.15) is 0 Å². The van der Waals surface area contributed by atoms with Crippen molar-refractivity contribution in [3.63, 3.8) is 0 Å². The number of hydrogen-bond donors (Lipinski definition) is 3. The van der Waals surface area contributed by atoms with E-state index in [4.69, 9.17) is 0 Å². The van der Waals surface area contributed by atoms with Crippen molar-refractivity contribution in [3.05, 3.63) is 0 Å². The number of hydrogen-bond acceptors (Lipinski definition) is 0. The first-order chi connectivity index (χ1) is 9.59. The molecule has 0 aromatic rings. The summed E-state index contributed by atoms with van der Waals surface area (Å²) in [6.45, 7) is 13.5. The molecule has 0 bridgehead atoms. The second-order valence-corrected chi connectivity index (χ2v) is 15.2. The molecule has 0 fully saturated rings. The number of rotatable bonds is 10. The first-order valence-corrected chi connectivity index (χ1v) is 13.4. The van der Waals surface area contributed by atoms with Crippen LogP contribution in [0, 0.1) is 23.7 Å². The molecule has 0 saturated heterocycles. The van der Waals surface area contributed by atoms with Gasteiger partial charge in [-0.2, -0.15) is 0 Å². The zero-order chi connectivity index (χ0) is 16.6. The molecule has 0 heterocycles. The topological polar surface area (TPSA) is 40.5 Å². The second-order valence-electron chi connectivity index (χ2n) is 7.02. The van der Waals surface area contributed by atoms with E-state index in [9.17, 15) is 9.79 Å². The van der Waals surface area contributed by atoms with Crippen LogP contribution in [0.3, 0.4) is 0 Å². The van der Waals surface area contributed by atoms with Crippen LogP contribution in [0.1, 0.15) is 67.2 Å². The highest BCUT2D eigenvalue weighted by Gasteiger charge is 2.19. The van der Waals surface area contributed by atoms with E-state index in [1.807, 2.05) is 0 Å². The summed E-state index contributed by atoms with van der Waals surface area (Å²) in [4.78, 5) is 20.2. The third-order valence-corrected chi connectivity index (χ3v) is 12.0. The zero-order valence-corrected chi connectivity index (χ0v) is 17.4. The molecule has 0 saturated carbocycles. The third kappa shape index (κ3) is 10.4. The minimum absolute atomic E-state index is 0.352. The Morgan fingerprint density at radius 3 is 1.38 bits per heavy atom. The molecule has 0 aromatic heterocycles. The van der Waals surface area contributed by atoms with Crippen LogP contribution in [0.25, 0.3) is 0 Å². The SMILES string of the molecule is CCC(C)CC(C)CS(CC(C)CC(C)CC)=P(O)(O)S. The Morgan fingerprint density at radius 1 is 0.810 bits per heavy atom. The lowest BCUT2D eigenvalue weighted by Crippen LogP contribution is -2.18. The van der Waals surface area contributed by atoms with Crippen LogP contribution in [0.5, 0.6) is 0 Å². The molecule has 0 aliphatic carbocycles. The quantitative estimate of drug-likeness (QED) is 0.365. The molecule has 0 aliphatic rings. The summed E-state index contributed by atoms with van der Waals surface area (Å²) in [6, 6.07) is 0. The van der Waals surface area contributed by atoms with Gasteiger partial charge in [-0.3, -0.25) is 0 Å². The van der Waals surface area contributed by atoms with Crippen molar-refractivity contribution in [3.8, 4) is 0 Å². The van der Waals surface area contributed by atoms with Gasteiger partial charge in [0.2, 0.25) is 0 Å². The molecule has 0 aliphatic heterocycles. The van der Waals surface area contributed by atoms with Crippen molar-refractivity contribution >= 4 is 28.0 Å². The first-order valence-electron chi connectivity index (χ1n) is 8.35. The molecule has 2 nitrogen and oxygen atoms in total. The smallest absolute Gasteiger partial charge is 0.198 e. The molecule has 0 spiro atoms. The van der Waals surface area contributed by atoms with Crippen molar-refractivity contribution in [2.24, 2.45) is 23.7 Å². The van der Waals surface area contributed by atoms with Gasteiger partial charge in [-0.25, -0.2) is 0 Å². The van der Waals surface area contributed by atoms with E-state index in [2.05, 4.69) is 53.8 Å². The zero-order valence-electron chi connectivity index (χ0n) is 14.7. The molecule has 0 aromatic carbocycles. The average Bonchev–Trinajstić information content (AvgIpc) is 2.36. The van der Waals surface area contributed by atoms with Crippen molar-refractivity contribution in [1.29, 1.82) is 0 Å². The standard InChI is InChI=1S/C16H37O2PS2/c1-7-13(3)9-15(5)11-21(19(17,18)20)12-16(6)10-14(4)8-2/h13-18,20H,7-12H2,1-6H3. The highest BCUT2D eigenvalue weighted by Crippen LogP contribution is 2.48. The van der Waals surface area contributed by atoms with Crippen LogP contribution >= 0.6 is 17.9 Å². The van der Waals surface area contributed by atoms with Crippen molar-refractivity contribution in [2.45, 2.75) is 67.2 Å². The second kappa shape index (κ2) is 10.8. The molecule has 0 radical (unpaired) electrons. The minimum Gasteiger partial charge on any atom is -0.341 e. The molecule has 0 rings (SSSR count). The lowest BCUT2D eigenvalue weighted by molar-refractivity contribution is 0.426. The van der Waals surface area contributed by atoms with Crippen LogP contribution in [-0.4, -0.2) is 21.3 Å². The van der Waals surface area contributed by atoms with E-state index in [1.54, 1.807) is 0 Å². The molecule has 5 heteroatoms. The summed E-state index contributed by atoms with van der Waals surface area (Å²) in [5, 5.41) is 0. The molecule has 21 heavy (non-hydrogen) atoms. The Labute approximate surface area is 140 Å². The summed E-state index contributed by atoms with van der Waals surface area (Å²) in [5.74, 6) is 4.36. The molecule has 4 atom stereocenters. The maximum absolute atomic E-state index is 10.1. The molecular weight excluding hydrogens is 319 g/mol. The highest BCUT2D eigenvalue weighted by molar-refractivity contribution is 8.65. The van der Waals surface area contributed by atoms with Gasteiger partial charge in [0, 0.05) is 0 Å². The lowest BCUT2D eigenvalue weighted by atomic mass is 9.97. The van der Waals surface area contributed by atoms with E-state index in [0.29, 0.717) is 23.7 Å². The summed E-state index contributed by atoms with van der Waals surface area (Å²) in [5.41, 5.74) is -3.02. The van der Waals surface area contributed by atoms with Crippen molar-refractivity contribution < 1.29 is 9.79 Å². The van der Waals surface area contributed by atoms with E-state index in [-0.39, 0.29) is 10.1 Å². The monoisotopic (exact) mass is 356 g/mol. The molecule has 130 valence electrons. The van der Waals surface area contributed by atoms with Gasteiger partial charge in [0.05, 0.1) is 0 Å². The Balaban J connectivity index is 4.71. The van der Waals surface area contributed by atoms with E-state index in [1.165, 1.54) is 25.7 Å². The van der Waals surface area contributed by atoms with Crippen LogP contribution in [0.2, 0.25) is 0 Å². The lowest BCUT2D eigenvalue weighted by Gasteiger charge is -2.25. The summed E-state index contributed by atoms with van der Waals surface area (Å²) in [6.07, 6.45) is 4.74. The van der Waals surface area contributed by atoms with Crippen molar-refractivity contribution in [2.75, 3.05) is 11.5 Å². The van der Waals surface area contributed by atoms with Crippen LogP contribution in [0.15, 0.2) is 0 Å². The highest BCUT2D eigenvalue weighted by atomic mass is 32.9. The van der Waals surface area contributed by atoms with Gasteiger partial charge in [-0.05, 0) is 48.0 Å². The molecule has 2 N–H and O–H groups in total. The molecule has 0 amide bonds. The average molecular weight is 357 g/mol. The van der Waals surface area contributed by atoms with E-state index >= 15 is 0 Å². The molecular formula is C16H37O2PS2. The van der Waals surface area contributed by atoms with Crippen molar-refractivity contribution in [1.82, 2.24) is 0 Å². The Morgan fingerprint density at radius 2 is 1.14 bits per heavy atom. The maximum Gasteiger partial charge on any atom is 0.198 e. The van der Waals surface area contributed by atoms with Gasteiger partial charge in [0.25, 0.3) is 0 Å². The Kier molecular flexibility index (Phi) is 11.3. The fraction of sp³-hybridized carbons (Fsp3) is 1.00. The van der Waals surface area contributed by atoms with Crippen LogP contribution < -0.4 is 0 Å². The minimum atomic E-state index is -3.02. The van der Waals surface area contributed by atoms with Crippen LogP contribution in [-0.2, 0) is 10.1 Å². The van der Waals surface area contributed by atoms with Crippen LogP contribution in [0.4, 0.5) is 0 Å². The first kappa shape index (κ1) is 22.1. The summed E-state index contributed by atoms with van der Waals surface area (Å²) >= 11 is 4.16. The normalized spacial score (nSPS) is 19.9. The van der Waals surface area contributed by atoms with E-state index < -0.39 is 5.69 Å². The Bertz CT molecular complexity index is 311. The van der Waals surface area contributed by atoms with E-state index in [0.717, 1.165) is 11.5 Å². The summed E-state index contributed by atoms with van der Waals surface area (Å²) < 4.78 is 0. The van der Waals surface area contributed by atoms with Gasteiger partial charge in [-0.15, -0.1) is 10.1 Å². The van der Waals surface area contributed by atoms with Gasteiger partial charge < -0.3 is 9.79 Å². The third-order valence-electron chi connectivity index (χ3n) is 4.30. The fourth-order valence-corrected chi connectivity index (χ4v) is 8.82. The van der Waals surface area contributed by atoms with Gasteiger partial charge in [-0.1, -0.05) is 66.6 Å². The summed E-state index contributed by atoms with van der Waals surface area (Å²) in [7, 11) is -0.352. The van der Waals surface area contributed by atoms with Gasteiger partial charge >= 0.3 is 0 Å². The maximum atomic E-state index is 10.1. The predicted molar refractivity (Wildman–Crippen MR) is 104 cm³/mol.